The highest BCUT2D eigenvalue weighted by Crippen LogP contribution is 2.20. The van der Waals surface area contributed by atoms with Gasteiger partial charge in [-0.25, -0.2) is 10.8 Å². The molecule has 7 heteroatoms. The molecule has 4 N–H and O–H groups in total. The summed E-state index contributed by atoms with van der Waals surface area (Å²) in [7, 11) is 0. The average Bonchev–Trinajstić information content (AvgIpc) is 2.74. The van der Waals surface area contributed by atoms with Crippen LogP contribution in [0.25, 0.3) is 0 Å². The molecule has 0 aliphatic rings. The molecule has 0 aliphatic heterocycles. The molecule has 0 fully saturated rings. The lowest BCUT2D eigenvalue weighted by Crippen LogP contribution is -2.10. The molecule has 0 radical (unpaired) electrons. The molecule has 2 aromatic rings. The highest BCUT2D eigenvalue weighted by atomic mass is 16.5. The fraction of sp³-hybridized carbons (Fsp3) is 0.300. The van der Waals surface area contributed by atoms with Gasteiger partial charge in [-0.2, -0.15) is 4.98 Å². The summed E-state index contributed by atoms with van der Waals surface area (Å²) in [4.78, 5) is 8.38. The summed E-state index contributed by atoms with van der Waals surface area (Å²) in [5, 5.41) is 6.75. The molecule has 0 bridgehead atoms. The fourth-order valence-electron chi connectivity index (χ4n) is 1.31. The zero-order chi connectivity index (χ0) is 12.3. The highest BCUT2D eigenvalue weighted by molar-refractivity contribution is 5.38. The maximum atomic E-state index is 5.50. The minimum absolute atomic E-state index is 0.413. The van der Waals surface area contributed by atoms with Crippen molar-refractivity contribution in [3.8, 4) is 11.8 Å². The topological polar surface area (TPSA) is 102 Å². The quantitative estimate of drug-likeness (QED) is 0.541. The van der Waals surface area contributed by atoms with Crippen molar-refractivity contribution in [2.45, 2.75) is 20.3 Å². The van der Waals surface area contributed by atoms with Crippen LogP contribution in [0.5, 0.6) is 11.8 Å². The Balaban J connectivity index is 2.25. The van der Waals surface area contributed by atoms with E-state index in [1.54, 1.807) is 12.1 Å². The number of aryl methyl sites for hydroxylation is 2. The molecular formula is C10H14N6O. The smallest absolute Gasteiger partial charge is 0.240 e. The van der Waals surface area contributed by atoms with E-state index in [0.29, 0.717) is 29.8 Å². The summed E-state index contributed by atoms with van der Waals surface area (Å²) in [5.74, 6) is 7.37. The lowest BCUT2D eigenvalue weighted by atomic mass is 10.4. The first-order valence-electron chi connectivity index (χ1n) is 5.25. The number of hydrogen-bond acceptors (Lipinski definition) is 6. The average molecular weight is 234 g/mol. The minimum Gasteiger partial charge on any atom is -0.419 e. The Labute approximate surface area is 98.4 Å². The third-order valence-corrected chi connectivity index (χ3v) is 2.10. The predicted octanol–water partition coefficient (Wildman–Crippen LogP) is 1.15. The van der Waals surface area contributed by atoms with Gasteiger partial charge in [0.1, 0.15) is 11.6 Å². The number of nitrogen functional groups attached to an aromatic ring is 1. The van der Waals surface area contributed by atoms with Crippen molar-refractivity contribution in [3.05, 3.63) is 23.7 Å². The molecule has 0 amide bonds. The molecule has 0 aromatic carbocycles. The number of nitrogens with two attached hydrogens (primary N) is 1. The van der Waals surface area contributed by atoms with Crippen molar-refractivity contribution < 1.29 is 4.74 Å². The maximum absolute atomic E-state index is 5.50. The molecule has 90 valence electrons. The van der Waals surface area contributed by atoms with E-state index >= 15 is 0 Å². The van der Waals surface area contributed by atoms with Crippen LogP contribution in [0.1, 0.15) is 18.4 Å². The first-order valence-corrected chi connectivity index (χ1v) is 5.25. The van der Waals surface area contributed by atoms with Gasteiger partial charge in [0.15, 0.2) is 0 Å². The lowest BCUT2D eigenvalue weighted by Gasteiger charge is -2.05. The van der Waals surface area contributed by atoms with E-state index in [1.165, 1.54) is 0 Å². The number of ether oxygens (including phenoxy) is 1. The first kappa shape index (κ1) is 11.3. The standard InChI is InChI=1S/C10H14N6O/c1-3-7-12-8(14-11)5-9(13-7)17-10-4-6(2)15-16-10/h4-5H,3,11H2,1-2H3,(H,15,16)(H,12,13,14). The van der Waals surface area contributed by atoms with Crippen molar-refractivity contribution >= 4 is 5.82 Å². The molecule has 17 heavy (non-hydrogen) atoms. The van der Waals surface area contributed by atoms with Crippen molar-refractivity contribution in [2.24, 2.45) is 5.84 Å². The largest absolute Gasteiger partial charge is 0.419 e. The van der Waals surface area contributed by atoms with Crippen molar-refractivity contribution in [3.63, 3.8) is 0 Å². The van der Waals surface area contributed by atoms with E-state index in [0.717, 1.165) is 5.69 Å². The van der Waals surface area contributed by atoms with Gasteiger partial charge in [0.05, 0.1) is 0 Å². The van der Waals surface area contributed by atoms with Gasteiger partial charge in [0.25, 0.3) is 0 Å². The summed E-state index contributed by atoms with van der Waals surface area (Å²) in [6.07, 6.45) is 0.700. The number of hydrogen-bond donors (Lipinski definition) is 3. The van der Waals surface area contributed by atoms with Gasteiger partial charge in [-0.3, -0.25) is 5.10 Å². The van der Waals surface area contributed by atoms with Crippen LogP contribution in [0.3, 0.4) is 0 Å². The number of nitrogens with one attached hydrogen (secondary N) is 2. The minimum atomic E-state index is 0.413. The monoisotopic (exact) mass is 234 g/mol. The van der Waals surface area contributed by atoms with Gasteiger partial charge in [0, 0.05) is 24.2 Å². The molecule has 2 aromatic heterocycles. The normalized spacial score (nSPS) is 10.3. The Hall–Kier alpha value is -2.15. The maximum Gasteiger partial charge on any atom is 0.240 e. The van der Waals surface area contributed by atoms with Gasteiger partial charge in [0.2, 0.25) is 11.8 Å². The third-order valence-electron chi connectivity index (χ3n) is 2.10. The number of H-pyrrole nitrogens is 1. The molecule has 0 spiro atoms. The molecule has 0 saturated heterocycles. The van der Waals surface area contributed by atoms with Crippen LogP contribution in [0.15, 0.2) is 12.1 Å². The molecule has 0 aliphatic carbocycles. The van der Waals surface area contributed by atoms with Crippen LogP contribution in [0.4, 0.5) is 5.82 Å². The van der Waals surface area contributed by atoms with Crippen LogP contribution in [-0.2, 0) is 6.42 Å². The Morgan fingerprint density at radius 2 is 2.18 bits per heavy atom. The Bertz CT molecular complexity index is 487. The second kappa shape index (κ2) is 4.79. The molecular weight excluding hydrogens is 220 g/mol. The van der Waals surface area contributed by atoms with E-state index in [-0.39, 0.29) is 0 Å². The lowest BCUT2D eigenvalue weighted by molar-refractivity contribution is 0.440. The third kappa shape index (κ3) is 2.70. The van der Waals surface area contributed by atoms with Gasteiger partial charge >= 0.3 is 0 Å². The van der Waals surface area contributed by atoms with Gasteiger partial charge in [-0.15, -0.1) is 5.10 Å². The SMILES string of the molecule is CCc1nc(NN)cc(Oc2cc(C)[nH]n2)n1. The van der Waals surface area contributed by atoms with Gasteiger partial charge in [-0.1, -0.05) is 6.92 Å². The van der Waals surface area contributed by atoms with E-state index in [1.807, 2.05) is 13.8 Å². The second-order valence-corrected chi connectivity index (χ2v) is 3.50. The van der Waals surface area contributed by atoms with E-state index in [9.17, 15) is 0 Å². The molecule has 2 rings (SSSR count). The Morgan fingerprint density at radius 3 is 2.76 bits per heavy atom. The van der Waals surface area contributed by atoms with E-state index in [4.69, 9.17) is 10.6 Å². The van der Waals surface area contributed by atoms with Crippen LogP contribution < -0.4 is 16.0 Å². The first-order chi connectivity index (χ1) is 8.21. The molecule has 0 unspecified atom stereocenters. The summed E-state index contributed by atoms with van der Waals surface area (Å²) in [5.41, 5.74) is 3.39. The number of aromatic amines is 1. The Morgan fingerprint density at radius 1 is 1.35 bits per heavy atom. The number of hydrazine groups is 1. The second-order valence-electron chi connectivity index (χ2n) is 3.50. The van der Waals surface area contributed by atoms with Crippen LogP contribution in [0, 0.1) is 6.92 Å². The van der Waals surface area contributed by atoms with Crippen LogP contribution in [0.2, 0.25) is 0 Å². The number of rotatable bonds is 4. The Kier molecular flexibility index (Phi) is 3.20. The summed E-state index contributed by atoms with van der Waals surface area (Å²) in [6.45, 7) is 3.85. The number of nitrogens with zero attached hydrogens (tertiary/aromatic N) is 3. The zero-order valence-corrected chi connectivity index (χ0v) is 9.69. The number of anilines is 1. The van der Waals surface area contributed by atoms with Crippen molar-refractivity contribution in [1.82, 2.24) is 20.2 Å². The van der Waals surface area contributed by atoms with Crippen LogP contribution >= 0.6 is 0 Å². The fourth-order valence-corrected chi connectivity index (χ4v) is 1.31. The predicted molar refractivity (Wildman–Crippen MR) is 62.6 cm³/mol. The number of aromatic nitrogens is 4. The van der Waals surface area contributed by atoms with Crippen molar-refractivity contribution in [2.75, 3.05) is 5.43 Å². The van der Waals surface area contributed by atoms with Crippen molar-refractivity contribution in [1.29, 1.82) is 0 Å². The molecule has 0 atom stereocenters. The summed E-state index contributed by atoms with van der Waals surface area (Å²) < 4.78 is 5.50. The summed E-state index contributed by atoms with van der Waals surface area (Å²) >= 11 is 0. The highest BCUT2D eigenvalue weighted by Gasteiger charge is 2.06. The molecule has 2 heterocycles. The summed E-state index contributed by atoms with van der Waals surface area (Å²) in [6, 6.07) is 3.40. The molecule has 7 nitrogen and oxygen atoms in total. The van der Waals surface area contributed by atoms with Crippen LogP contribution in [-0.4, -0.2) is 20.2 Å². The van der Waals surface area contributed by atoms with E-state index < -0.39 is 0 Å². The molecule has 0 saturated carbocycles. The zero-order valence-electron chi connectivity index (χ0n) is 9.69. The van der Waals surface area contributed by atoms with Gasteiger partial charge < -0.3 is 10.2 Å². The van der Waals surface area contributed by atoms with E-state index in [2.05, 4.69) is 25.6 Å². The van der Waals surface area contributed by atoms with Gasteiger partial charge in [-0.05, 0) is 6.92 Å².